The van der Waals surface area contributed by atoms with Crippen LogP contribution in [0, 0.1) is 5.41 Å². The smallest absolute Gasteiger partial charge is 0.746 e. The Morgan fingerprint density at radius 1 is 1.33 bits per heavy atom. The van der Waals surface area contributed by atoms with Crippen LogP contribution in [-0.2, 0) is 10.1 Å². The Kier molecular flexibility index (Phi) is 3.45. The van der Waals surface area contributed by atoms with Crippen molar-refractivity contribution >= 4 is 10.1 Å². The van der Waals surface area contributed by atoms with Crippen LogP contribution in [0.15, 0.2) is 0 Å². The van der Waals surface area contributed by atoms with E-state index in [4.69, 9.17) is 0 Å². The zero-order chi connectivity index (χ0) is 8.91. The first kappa shape index (κ1) is 12.9. The second-order valence-electron chi connectivity index (χ2n) is 3.62. The molecule has 6 heteroatoms. The summed E-state index contributed by atoms with van der Waals surface area (Å²) in [7, 11) is -4.57. The number of hydrogen-bond acceptors (Lipinski definition) is 4. The minimum atomic E-state index is -4.57. The van der Waals surface area contributed by atoms with Crippen LogP contribution in [0.25, 0.3) is 0 Å². The molecule has 0 radical (unpaired) electrons. The molecule has 1 unspecified atom stereocenters. The maximum absolute atomic E-state index is 10.5. The van der Waals surface area contributed by atoms with Gasteiger partial charge in [-0.05, 0) is 12.8 Å². The Labute approximate surface area is 94.4 Å². The molecule has 1 saturated carbocycles. The van der Waals surface area contributed by atoms with Crippen molar-refractivity contribution in [1.29, 1.82) is 0 Å². The summed E-state index contributed by atoms with van der Waals surface area (Å²) in [6, 6.07) is 0. The van der Waals surface area contributed by atoms with E-state index in [2.05, 4.69) is 0 Å². The molecule has 0 saturated heterocycles. The summed E-state index contributed by atoms with van der Waals surface area (Å²) in [4.78, 5) is -2.03. The summed E-state index contributed by atoms with van der Waals surface area (Å²) < 4.78 is 31.6. The van der Waals surface area contributed by atoms with Crippen LogP contribution in [0.3, 0.4) is 0 Å². The molecule has 0 aromatic carbocycles. The first-order valence-corrected chi connectivity index (χ1v) is 4.79. The van der Waals surface area contributed by atoms with Crippen molar-refractivity contribution in [2.75, 3.05) is 0 Å². The Bertz CT molecular complexity index is 271. The van der Waals surface area contributed by atoms with Crippen LogP contribution in [0.1, 0.15) is 26.7 Å². The fourth-order valence-electron chi connectivity index (χ4n) is 1.30. The van der Waals surface area contributed by atoms with Gasteiger partial charge in [0.1, 0.15) is 10.1 Å². The van der Waals surface area contributed by atoms with E-state index in [0.29, 0.717) is 6.42 Å². The van der Waals surface area contributed by atoms with Crippen LogP contribution in [0.5, 0.6) is 0 Å². The van der Waals surface area contributed by atoms with Crippen molar-refractivity contribution < 1.29 is 47.6 Å². The summed E-state index contributed by atoms with van der Waals surface area (Å²) >= 11 is 0. The first-order chi connectivity index (χ1) is 4.71. The van der Waals surface area contributed by atoms with Gasteiger partial charge in [0.15, 0.2) is 4.93 Å². The number of rotatable bonds is 1. The van der Waals surface area contributed by atoms with E-state index < -0.39 is 20.5 Å². The molecule has 1 rings (SSSR count). The molecule has 4 nitrogen and oxygen atoms in total. The molecular formula is C6H11NaO4S. The maximum atomic E-state index is 10.5. The summed E-state index contributed by atoms with van der Waals surface area (Å²) in [5, 5.41) is 9.37. The molecule has 66 valence electrons. The fraction of sp³-hybridized carbons (Fsp3) is 1.00. The predicted molar refractivity (Wildman–Crippen MR) is 37.7 cm³/mol. The van der Waals surface area contributed by atoms with E-state index in [9.17, 15) is 18.1 Å². The normalized spacial score (nSPS) is 33.3. The molecule has 0 bridgehead atoms. The molecule has 1 fully saturated rings. The molecule has 0 heterocycles. The van der Waals surface area contributed by atoms with Crippen molar-refractivity contribution in [3.05, 3.63) is 0 Å². The third-order valence-corrected chi connectivity index (χ3v) is 4.14. The SMILES string of the molecule is CC1(C)CCC1(O)S(=O)(=O)[O-].[Na+]. The average molecular weight is 202 g/mol. The fourth-order valence-corrected chi connectivity index (χ4v) is 2.43. The Hall–Kier alpha value is 0.870. The van der Waals surface area contributed by atoms with E-state index in [1.807, 2.05) is 0 Å². The third-order valence-electron chi connectivity index (χ3n) is 2.56. The molecule has 0 aliphatic heterocycles. The molecule has 1 N–H and O–H groups in total. The van der Waals surface area contributed by atoms with Crippen LogP contribution in [0.4, 0.5) is 0 Å². The molecule has 1 aliphatic carbocycles. The molecule has 0 aromatic rings. The second kappa shape index (κ2) is 3.22. The maximum Gasteiger partial charge on any atom is 1.00 e. The van der Waals surface area contributed by atoms with Crippen LogP contribution in [-0.4, -0.2) is 23.0 Å². The minimum absolute atomic E-state index is 0. The van der Waals surface area contributed by atoms with E-state index in [1.165, 1.54) is 0 Å². The van der Waals surface area contributed by atoms with Crippen molar-refractivity contribution in [3.8, 4) is 0 Å². The molecule has 0 amide bonds. The van der Waals surface area contributed by atoms with Gasteiger partial charge in [-0.15, -0.1) is 0 Å². The van der Waals surface area contributed by atoms with Crippen molar-refractivity contribution in [2.24, 2.45) is 5.41 Å². The van der Waals surface area contributed by atoms with Crippen molar-refractivity contribution in [1.82, 2.24) is 0 Å². The monoisotopic (exact) mass is 202 g/mol. The average Bonchev–Trinajstić information content (AvgIpc) is 1.81. The Morgan fingerprint density at radius 3 is 1.75 bits per heavy atom. The summed E-state index contributed by atoms with van der Waals surface area (Å²) in [6.45, 7) is 3.15. The van der Waals surface area contributed by atoms with Crippen LogP contribution >= 0.6 is 0 Å². The summed E-state index contributed by atoms with van der Waals surface area (Å²) in [5.74, 6) is 0. The number of aliphatic hydroxyl groups is 1. The van der Waals surface area contributed by atoms with Gasteiger partial charge >= 0.3 is 29.6 Å². The van der Waals surface area contributed by atoms with Gasteiger partial charge in [0, 0.05) is 5.41 Å². The van der Waals surface area contributed by atoms with E-state index in [0.717, 1.165) is 0 Å². The van der Waals surface area contributed by atoms with Gasteiger partial charge < -0.3 is 9.66 Å². The quantitative estimate of drug-likeness (QED) is 0.364. The van der Waals surface area contributed by atoms with Crippen LogP contribution in [0.2, 0.25) is 0 Å². The standard InChI is InChI=1S/C6H12O4S.Na/c1-5(2)3-4-6(5,7)11(8,9)10;/h7H,3-4H2,1-2H3,(H,8,9,10);/q;+1/p-1. The van der Waals surface area contributed by atoms with Gasteiger partial charge in [-0.25, -0.2) is 8.42 Å². The van der Waals surface area contributed by atoms with Gasteiger partial charge in [0.05, 0.1) is 0 Å². The largest absolute Gasteiger partial charge is 1.00 e. The summed E-state index contributed by atoms with van der Waals surface area (Å²) in [5.41, 5.74) is -0.784. The molecule has 0 spiro atoms. The zero-order valence-corrected chi connectivity index (χ0v) is 10.3. The Morgan fingerprint density at radius 2 is 1.75 bits per heavy atom. The molecular weight excluding hydrogens is 191 g/mol. The van der Waals surface area contributed by atoms with Crippen molar-refractivity contribution in [2.45, 2.75) is 31.6 Å². The molecule has 12 heavy (non-hydrogen) atoms. The van der Waals surface area contributed by atoms with Crippen molar-refractivity contribution in [3.63, 3.8) is 0 Å². The second-order valence-corrected chi connectivity index (χ2v) is 5.21. The molecule has 0 aromatic heterocycles. The van der Waals surface area contributed by atoms with Gasteiger partial charge in [-0.1, -0.05) is 13.8 Å². The van der Waals surface area contributed by atoms with E-state index in [1.54, 1.807) is 13.8 Å². The van der Waals surface area contributed by atoms with Gasteiger partial charge in [-0.2, -0.15) is 0 Å². The predicted octanol–water partition coefficient (Wildman–Crippen LogP) is -2.96. The topological polar surface area (TPSA) is 77.4 Å². The first-order valence-electron chi connectivity index (χ1n) is 3.38. The van der Waals surface area contributed by atoms with Gasteiger partial charge in [0.25, 0.3) is 0 Å². The van der Waals surface area contributed by atoms with E-state index >= 15 is 0 Å². The van der Waals surface area contributed by atoms with Gasteiger partial charge in [-0.3, -0.25) is 0 Å². The van der Waals surface area contributed by atoms with Crippen LogP contribution < -0.4 is 29.6 Å². The molecule has 1 atom stereocenters. The molecule has 1 aliphatic rings. The minimum Gasteiger partial charge on any atom is -0.746 e. The Balaban J connectivity index is 0.00000121. The zero-order valence-electron chi connectivity index (χ0n) is 7.49. The summed E-state index contributed by atoms with van der Waals surface area (Å²) in [6.07, 6.45) is 0.636. The third kappa shape index (κ3) is 1.58. The van der Waals surface area contributed by atoms with E-state index in [-0.39, 0.29) is 36.0 Å². The number of hydrogen-bond donors (Lipinski definition) is 1. The van der Waals surface area contributed by atoms with Gasteiger partial charge in [0.2, 0.25) is 0 Å².